The molecule has 5 nitrogen and oxygen atoms in total. The summed E-state index contributed by atoms with van der Waals surface area (Å²) in [5, 5.41) is 3.33. The molecule has 1 aromatic rings. The van der Waals surface area contributed by atoms with Crippen LogP contribution in [0, 0.1) is 0 Å². The molecule has 0 amide bonds. The summed E-state index contributed by atoms with van der Waals surface area (Å²) in [5.41, 5.74) is 0. The van der Waals surface area contributed by atoms with E-state index in [1.807, 2.05) is 17.8 Å². The van der Waals surface area contributed by atoms with Gasteiger partial charge in [0.25, 0.3) is 0 Å². The fourth-order valence-corrected chi connectivity index (χ4v) is 2.88. The number of hydrogen-bond acceptors (Lipinski definition) is 6. The normalized spacial score (nSPS) is 15.6. The van der Waals surface area contributed by atoms with Crippen molar-refractivity contribution in [1.82, 2.24) is 9.97 Å². The minimum Gasteiger partial charge on any atom is -0.377 e. The van der Waals surface area contributed by atoms with Gasteiger partial charge in [0.15, 0.2) is 5.82 Å². The molecule has 1 aliphatic heterocycles. The van der Waals surface area contributed by atoms with Crippen LogP contribution in [0.3, 0.4) is 0 Å². The molecule has 106 valence electrons. The van der Waals surface area contributed by atoms with Crippen LogP contribution in [0.25, 0.3) is 0 Å². The number of nitrogens with zero attached hydrogens (tertiary/aromatic N) is 3. The lowest BCUT2D eigenvalue weighted by molar-refractivity contribution is 0.178. The summed E-state index contributed by atoms with van der Waals surface area (Å²) in [6.45, 7) is 5.64. The maximum Gasteiger partial charge on any atom is 0.158 e. The molecule has 19 heavy (non-hydrogen) atoms. The van der Waals surface area contributed by atoms with Crippen molar-refractivity contribution >= 4 is 23.4 Å². The van der Waals surface area contributed by atoms with Crippen molar-refractivity contribution in [2.75, 3.05) is 48.5 Å². The van der Waals surface area contributed by atoms with E-state index >= 15 is 0 Å². The van der Waals surface area contributed by atoms with Crippen molar-refractivity contribution < 1.29 is 4.74 Å². The fourth-order valence-electron chi connectivity index (χ4n) is 1.97. The van der Waals surface area contributed by atoms with Gasteiger partial charge in [-0.2, -0.15) is 11.8 Å². The van der Waals surface area contributed by atoms with Crippen molar-refractivity contribution in [2.24, 2.45) is 0 Å². The predicted molar refractivity (Wildman–Crippen MR) is 81.1 cm³/mol. The average molecular weight is 282 g/mol. The molecule has 1 N–H and O–H groups in total. The first kappa shape index (κ1) is 14.4. The molecule has 2 rings (SSSR count). The molecular weight excluding hydrogens is 260 g/mol. The first-order valence-electron chi connectivity index (χ1n) is 6.77. The molecule has 0 unspecified atom stereocenters. The zero-order valence-corrected chi connectivity index (χ0v) is 12.5. The Morgan fingerprint density at radius 1 is 1.37 bits per heavy atom. The van der Waals surface area contributed by atoms with E-state index in [1.165, 1.54) is 11.5 Å². The standard InChI is InChI=1S/C13H22N4OS/c1-3-4-14-11-9-13(16-12(15-11)10-18-2)17-5-7-19-8-6-17/h9H,3-8,10H2,1-2H3,(H,14,15,16). The zero-order valence-electron chi connectivity index (χ0n) is 11.7. The summed E-state index contributed by atoms with van der Waals surface area (Å²) >= 11 is 2.00. The van der Waals surface area contributed by atoms with Gasteiger partial charge in [-0.25, -0.2) is 9.97 Å². The van der Waals surface area contributed by atoms with Crippen molar-refractivity contribution in [2.45, 2.75) is 20.0 Å². The highest BCUT2D eigenvalue weighted by atomic mass is 32.2. The van der Waals surface area contributed by atoms with Crippen molar-refractivity contribution in [3.8, 4) is 0 Å². The number of aromatic nitrogens is 2. The Morgan fingerprint density at radius 3 is 2.84 bits per heavy atom. The van der Waals surface area contributed by atoms with E-state index in [9.17, 15) is 0 Å². The second-order valence-electron chi connectivity index (χ2n) is 4.49. The Labute approximate surface area is 119 Å². The van der Waals surface area contributed by atoms with Crippen molar-refractivity contribution in [1.29, 1.82) is 0 Å². The van der Waals surface area contributed by atoms with Crippen LogP contribution in [-0.2, 0) is 11.3 Å². The predicted octanol–water partition coefficient (Wildman–Crippen LogP) is 2.00. The average Bonchev–Trinajstić information content (AvgIpc) is 2.46. The zero-order chi connectivity index (χ0) is 13.5. The molecule has 1 saturated heterocycles. The number of ether oxygens (including phenoxy) is 1. The van der Waals surface area contributed by atoms with Gasteiger partial charge in [0.1, 0.15) is 18.2 Å². The monoisotopic (exact) mass is 282 g/mol. The Morgan fingerprint density at radius 2 is 2.16 bits per heavy atom. The summed E-state index contributed by atoms with van der Waals surface area (Å²) in [5.74, 6) is 5.00. The highest BCUT2D eigenvalue weighted by molar-refractivity contribution is 7.99. The quantitative estimate of drug-likeness (QED) is 0.861. The van der Waals surface area contributed by atoms with Gasteiger partial charge in [-0.3, -0.25) is 0 Å². The molecule has 1 fully saturated rings. The smallest absolute Gasteiger partial charge is 0.158 e. The number of rotatable bonds is 6. The van der Waals surface area contributed by atoms with Crippen LogP contribution in [-0.4, -0.2) is 48.2 Å². The van der Waals surface area contributed by atoms with Crippen LogP contribution >= 0.6 is 11.8 Å². The molecule has 0 atom stereocenters. The highest BCUT2D eigenvalue weighted by Gasteiger charge is 2.14. The molecule has 0 radical (unpaired) electrons. The van der Waals surface area contributed by atoms with Crippen LogP contribution in [0.15, 0.2) is 6.07 Å². The highest BCUT2D eigenvalue weighted by Crippen LogP contribution is 2.20. The number of nitrogens with one attached hydrogen (secondary N) is 1. The van der Waals surface area contributed by atoms with Crippen molar-refractivity contribution in [3.05, 3.63) is 11.9 Å². The third kappa shape index (κ3) is 4.24. The maximum absolute atomic E-state index is 5.15. The van der Waals surface area contributed by atoms with Gasteiger partial charge in [-0.1, -0.05) is 6.92 Å². The third-order valence-corrected chi connectivity index (χ3v) is 3.87. The Hall–Kier alpha value is -1.01. The number of hydrogen-bond donors (Lipinski definition) is 1. The molecule has 0 aromatic carbocycles. The Kier molecular flexibility index (Phi) is 5.72. The minimum absolute atomic E-state index is 0.456. The van der Waals surface area contributed by atoms with E-state index in [0.29, 0.717) is 6.61 Å². The second-order valence-corrected chi connectivity index (χ2v) is 5.71. The SMILES string of the molecule is CCCNc1cc(N2CCSCC2)nc(COC)n1. The topological polar surface area (TPSA) is 50.3 Å². The number of thioether (sulfide) groups is 1. The van der Waals surface area contributed by atoms with Gasteiger partial charge in [-0.05, 0) is 6.42 Å². The lowest BCUT2D eigenvalue weighted by atomic mass is 10.4. The van der Waals surface area contributed by atoms with Gasteiger partial charge < -0.3 is 15.0 Å². The molecule has 1 aromatic heterocycles. The summed E-state index contributed by atoms with van der Waals surface area (Å²) in [6, 6.07) is 2.05. The molecule has 0 aliphatic carbocycles. The van der Waals surface area contributed by atoms with E-state index in [0.717, 1.165) is 43.5 Å². The van der Waals surface area contributed by atoms with Gasteiger partial charge >= 0.3 is 0 Å². The molecule has 0 spiro atoms. The molecule has 2 heterocycles. The molecular formula is C13H22N4OS. The first-order valence-corrected chi connectivity index (χ1v) is 7.92. The maximum atomic E-state index is 5.15. The van der Waals surface area contributed by atoms with Gasteiger partial charge in [0.05, 0.1) is 0 Å². The lowest BCUT2D eigenvalue weighted by Crippen LogP contribution is -2.33. The van der Waals surface area contributed by atoms with E-state index in [-0.39, 0.29) is 0 Å². The van der Waals surface area contributed by atoms with Crippen LogP contribution < -0.4 is 10.2 Å². The largest absolute Gasteiger partial charge is 0.377 e. The van der Waals surface area contributed by atoms with Gasteiger partial charge in [-0.15, -0.1) is 0 Å². The van der Waals surface area contributed by atoms with E-state index in [1.54, 1.807) is 7.11 Å². The first-order chi connectivity index (χ1) is 9.33. The minimum atomic E-state index is 0.456. The number of methoxy groups -OCH3 is 1. The van der Waals surface area contributed by atoms with Crippen LogP contribution in [0.5, 0.6) is 0 Å². The van der Waals surface area contributed by atoms with E-state index < -0.39 is 0 Å². The Bertz CT molecular complexity index is 396. The van der Waals surface area contributed by atoms with Crippen LogP contribution in [0.4, 0.5) is 11.6 Å². The fraction of sp³-hybridized carbons (Fsp3) is 0.692. The van der Waals surface area contributed by atoms with Crippen molar-refractivity contribution in [3.63, 3.8) is 0 Å². The van der Waals surface area contributed by atoms with Gasteiger partial charge in [0.2, 0.25) is 0 Å². The molecule has 0 saturated carbocycles. The molecule has 0 bridgehead atoms. The third-order valence-electron chi connectivity index (χ3n) is 2.92. The van der Waals surface area contributed by atoms with Gasteiger partial charge in [0, 0.05) is 44.3 Å². The number of anilines is 2. The van der Waals surface area contributed by atoms with Crippen LogP contribution in [0.1, 0.15) is 19.2 Å². The Balaban J connectivity index is 2.17. The van der Waals surface area contributed by atoms with E-state index in [2.05, 4.69) is 27.1 Å². The van der Waals surface area contributed by atoms with Crippen LogP contribution in [0.2, 0.25) is 0 Å². The second kappa shape index (κ2) is 7.55. The lowest BCUT2D eigenvalue weighted by Gasteiger charge is -2.28. The summed E-state index contributed by atoms with van der Waals surface area (Å²) < 4.78 is 5.15. The summed E-state index contributed by atoms with van der Waals surface area (Å²) in [4.78, 5) is 11.4. The summed E-state index contributed by atoms with van der Waals surface area (Å²) in [6.07, 6.45) is 1.08. The molecule has 6 heteroatoms. The summed E-state index contributed by atoms with van der Waals surface area (Å²) in [7, 11) is 1.67. The van der Waals surface area contributed by atoms with E-state index in [4.69, 9.17) is 4.74 Å². The molecule has 1 aliphatic rings.